The van der Waals surface area contributed by atoms with Crippen LogP contribution in [0.3, 0.4) is 0 Å². The molecule has 0 radical (unpaired) electrons. The van der Waals surface area contributed by atoms with Crippen LogP contribution in [0.2, 0.25) is 0 Å². The first-order valence-corrected chi connectivity index (χ1v) is 8.82. The van der Waals surface area contributed by atoms with Crippen molar-refractivity contribution in [3.63, 3.8) is 0 Å². The standard InChI is InChI=1S/C19H26N2O5/c1-13(2)12-26-19(24)21-10-8-14(9-11-21)17(22)20-16-7-5-4-6-15(16)18(23)25-3/h4-7,13-14H,8-12H2,1-3H3,(H,20,22). The second-order valence-corrected chi connectivity index (χ2v) is 6.76. The first-order valence-electron chi connectivity index (χ1n) is 8.82. The summed E-state index contributed by atoms with van der Waals surface area (Å²) < 4.78 is 9.96. The van der Waals surface area contributed by atoms with Crippen LogP contribution in [-0.2, 0) is 14.3 Å². The quantitative estimate of drug-likeness (QED) is 0.814. The number of nitrogens with zero attached hydrogens (tertiary/aromatic N) is 1. The van der Waals surface area contributed by atoms with Crippen LogP contribution < -0.4 is 5.32 Å². The lowest BCUT2D eigenvalue weighted by Crippen LogP contribution is -2.42. The van der Waals surface area contributed by atoms with Gasteiger partial charge in [0.25, 0.3) is 0 Å². The number of ether oxygens (including phenoxy) is 2. The van der Waals surface area contributed by atoms with E-state index in [1.807, 2.05) is 13.8 Å². The minimum absolute atomic E-state index is 0.156. The number of carbonyl (C=O) groups is 3. The summed E-state index contributed by atoms with van der Waals surface area (Å²) in [6.45, 7) is 5.32. The molecule has 1 aliphatic heterocycles. The molecule has 1 aromatic carbocycles. The third-order valence-corrected chi connectivity index (χ3v) is 4.25. The molecule has 1 saturated heterocycles. The maximum Gasteiger partial charge on any atom is 0.409 e. The van der Waals surface area contributed by atoms with Crippen molar-refractivity contribution in [2.45, 2.75) is 26.7 Å². The average molecular weight is 362 g/mol. The van der Waals surface area contributed by atoms with Crippen molar-refractivity contribution in [1.82, 2.24) is 4.90 Å². The highest BCUT2D eigenvalue weighted by Gasteiger charge is 2.28. The predicted molar refractivity (Wildman–Crippen MR) is 96.9 cm³/mol. The lowest BCUT2D eigenvalue weighted by atomic mass is 9.96. The van der Waals surface area contributed by atoms with Gasteiger partial charge in [0, 0.05) is 19.0 Å². The number of piperidine rings is 1. The number of rotatable bonds is 5. The summed E-state index contributed by atoms with van der Waals surface area (Å²) in [6.07, 6.45) is 0.792. The Balaban J connectivity index is 1.89. The molecule has 0 atom stereocenters. The summed E-state index contributed by atoms with van der Waals surface area (Å²) in [6, 6.07) is 6.73. The predicted octanol–water partition coefficient (Wildman–Crippen LogP) is 2.92. The first kappa shape index (κ1) is 19.8. The van der Waals surface area contributed by atoms with Crippen LogP contribution in [0.5, 0.6) is 0 Å². The van der Waals surface area contributed by atoms with E-state index in [1.165, 1.54) is 7.11 Å². The summed E-state index contributed by atoms with van der Waals surface area (Å²) in [5, 5.41) is 2.81. The molecule has 26 heavy (non-hydrogen) atoms. The number of esters is 1. The lowest BCUT2D eigenvalue weighted by molar-refractivity contribution is -0.121. The SMILES string of the molecule is COC(=O)c1ccccc1NC(=O)C1CCN(C(=O)OCC(C)C)CC1. The molecule has 1 N–H and O–H groups in total. The number of benzene rings is 1. The molecular formula is C19H26N2O5. The van der Waals surface area contributed by atoms with Gasteiger partial charge in [-0.2, -0.15) is 0 Å². The molecule has 0 unspecified atom stereocenters. The van der Waals surface area contributed by atoms with Crippen LogP contribution in [0.15, 0.2) is 24.3 Å². The minimum atomic E-state index is -0.497. The zero-order valence-electron chi connectivity index (χ0n) is 15.5. The van der Waals surface area contributed by atoms with Gasteiger partial charge < -0.3 is 19.7 Å². The van der Waals surface area contributed by atoms with Crippen molar-refractivity contribution in [3.8, 4) is 0 Å². The van der Waals surface area contributed by atoms with Crippen molar-refractivity contribution in [2.75, 3.05) is 32.1 Å². The summed E-state index contributed by atoms with van der Waals surface area (Å²) in [7, 11) is 1.30. The van der Waals surface area contributed by atoms with Crippen LogP contribution in [0.25, 0.3) is 0 Å². The fraction of sp³-hybridized carbons (Fsp3) is 0.526. The second kappa shape index (κ2) is 9.22. The largest absolute Gasteiger partial charge is 0.465 e. The molecule has 2 rings (SSSR count). The van der Waals surface area contributed by atoms with Gasteiger partial charge in [-0.15, -0.1) is 0 Å². The molecule has 0 saturated carbocycles. The third-order valence-electron chi connectivity index (χ3n) is 4.25. The maximum absolute atomic E-state index is 12.5. The zero-order chi connectivity index (χ0) is 19.1. The Bertz CT molecular complexity index is 651. The molecule has 1 heterocycles. The number of likely N-dealkylation sites (tertiary alicyclic amines) is 1. The maximum atomic E-state index is 12.5. The van der Waals surface area contributed by atoms with Gasteiger partial charge in [-0.05, 0) is 30.9 Å². The number of nitrogens with one attached hydrogen (secondary N) is 1. The van der Waals surface area contributed by atoms with Crippen LogP contribution >= 0.6 is 0 Å². The molecule has 1 fully saturated rings. The van der Waals surface area contributed by atoms with Gasteiger partial charge in [0.05, 0.1) is 25.0 Å². The fourth-order valence-corrected chi connectivity index (χ4v) is 2.77. The molecule has 142 valence electrons. The Kier molecular flexibility index (Phi) is 7.00. The number of anilines is 1. The van der Waals surface area contributed by atoms with Crippen LogP contribution in [0.4, 0.5) is 10.5 Å². The van der Waals surface area contributed by atoms with Gasteiger partial charge in [0.1, 0.15) is 0 Å². The monoisotopic (exact) mass is 362 g/mol. The highest BCUT2D eigenvalue weighted by Crippen LogP contribution is 2.22. The molecule has 0 spiro atoms. The molecule has 1 aromatic rings. The van der Waals surface area contributed by atoms with Crippen LogP contribution in [-0.4, -0.2) is 49.7 Å². The summed E-state index contributed by atoms with van der Waals surface area (Å²) in [5.74, 6) is -0.577. The molecule has 2 amide bonds. The van der Waals surface area contributed by atoms with Crippen molar-refractivity contribution in [2.24, 2.45) is 11.8 Å². The van der Waals surface area contributed by atoms with Gasteiger partial charge in [0.2, 0.25) is 5.91 Å². The van der Waals surface area contributed by atoms with Crippen molar-refractivity contribution in [1.29, 1.82) is 0 Å². The Morgan fingerprint density at radius 1 is 1.19 bits per heavy atom. The minimum Gasteiger partial charge on any atom is -0.465 e. The van der Waals surface area contributed by atoms with Crippen molar-refractivity contribution in [3.05, 3.63) is 29.8 Å². The number of carbonyl (C=O) groups excluding carboxylic acids is 3. The van der Waals surface area contributed by atoms with E-state index in [0.717, 1.165) is 0 Å². The Hall–Kier alpha value is -2.57. The normalized spacial score (nSPS) is 14.8. The van der Waals surface area contributed by atoms with Gasteiger partial charge >= 0.3 is 12.1 Å². The van der Waals surface area contributed by atoms with E-state index in [1.54, 1.807) is 29.2 Å². The Labute approximate surface area is 153 Å². The number of methoxy groups -OCH3 is 1. The van der Waals surface area contributed by atoms with Gasteiger partial charge in [-0.1, -0.05) is 26.0 Å². The Morgan fingerprint density at radius 2 is 1.85 bits per heavy atom. The van der Waals surface area contributed by atoms with E-state index in [9.17, 15) is 14.4 Å². The first-order chi connectivity index (χ1) is 12.4. The number of amides is 2. The lowest BCUT2D eigenvalue weighted by Gasteiger charge is -2.30. The smallest absolute Gasteiger partial charge is 0.409 e. The van der Waals surface area contributed by atoms with Crippen LogP contribution in [0.1, 0.15) is 37.0 Å². The average Bonchev–Trinajstić information content (AvgIpc) is 2.66. The number of para-hydroxylation sites is 1. The van der Waals surface area contributed by atoms with Crippen LogP contribution in [0, 0.1) is 11.8 Å². The molecule has 7 nitrogen and oxygen atoms in total. The zero-order valence-corrected chi connectivity index (χ0v) is 15.5. The third kappa shape index (κ3) is 5.21. The van der Waals surface area contributed by atoms with E-state index < -0.39 is 5.97 Å². The van der Waals surface area contributed by atoms with E-state index >= 15 is 0 Å². The van der Waals surface area contributed by atoms with Crippen molar-refractivity contribution >= 4 is 23.7 Å². The number of hydrogen-bond donors (Lipinski definition) is 1. The second-order valence-electron chi connectivity index (χ2n) is 6.76. The summed E-state index contributed by atoms with van der Waals surface area (Å²) in [4.78, 5) is 37.9. The van der Waals surface area contributed by atoms with Gasteiger partial charge in [-0.3, -0.25) is 4.79 Å². The Morgan fingerprint density at radius 3 is 2.46 bits per heavy atom. The topological polar surface area (TPSA) is 84.9 Å². The molecule has 0 aliphatic carbocycles. The van der Waals surface area contributed by atoms with E-state index in [-0.39, 0.29) is 23.8 Å². The van der Waals surface area contributed by atoms with Crippen molar-refractivity contribution < 1.29 is 23.9 Å². The summed E-state index contributed by atoms with van der Waals surface area (Å²) in [5.41, 5.74) is 0.751. The van der Waals surface area contributed by atoms with Gasteiger partial charge in [-0.25, -0.2) is 9.59 Å². The van der Waals surface area contributed by atoms with Gasteiger partial charge in [0.15, 0.2) is 0 Å². The summed E-state index contributed by atoms with van der Waals surface area (Å²) >= 11 is 0. The van der Waals surface area contributed by atoms with E-state index in [4.69, 9.17) is 9.47 Å². The van der Waals surface area contributed by atoms with E-state index in [2.05, 4.69) is 5.32 Å². The molecule has 7 heteroatoms. The van der Waals surface area contributed by atoms with E-state index in [0.29, 0.717) is 43.8 Å². The highest BCUT2D eigenvalue weighted by atomic mass is 16.6. The number of hydrogen-bond acceptors (Lipinski definition) is 5. The fourth-order valence-electron chi connectivity index (χ4n) is 2.77. The molecule has 1 aliphatic rings. The molecular weight excluding hydrogens is 336 g/mol. The molecule has 0 aromatic heterocycles. The molecule has 0 bridgehead atoms. The highest BCUT2D eigenvalue weighted by molar-refractivity contribution is 6.01.